The predicted molar refractivity (Wildman–Crippen MR) is 107 cm³/mol. The van der Waals surface area contributed by atoms with Crippen molar-refractivity contribution in [1.29, 1.82) is 0 Å². The van der Waals surface area contributed by atoms with Gasteiger partial charge in [0.05, 0.1) is 44.2 Å². The van der Waals surface area contributed by atoms with Gasteiger partial charge in [-0.1, -0.05) is 38.1 Å². The zero-order valence-corrected chi connectivity index (χ0v) is 17.2. The van der Waals surface area contributed by atoms with E-state index < -0.39 is 5.60 Å². The number of ether oxygens (including phenoxy) is 2. The maximum absolute atomic E-state index is 11.8. The van der Waals surface area contributed by atoms with Crippen LogP contribution in [0.1, 0.15) is 50.8 Å². The molecule has 0 bridgehead atoms. The van der Waals surface area contributed by atoms with Gasteiger partial charge in [-0.3, -0.25) is 9.48 Å². The zero-order chi connectivity index (χ0) is 20.4. The summed E-state index contributed by atoms with van der Waals surface area (Å²) in [6.07, 6.45) is 4.66. The van der Waals surface area contributed by atoms with Crippen molar-refractivity contribution in [3.05, 3.63) is 41.7 Å². The van der Waals surface area contributed by atoms with Crippen LogP contribution in [-0.2, 0) is 33.3 Å². The molecule has 2 unspecified atom stereocenters. The van der Waals surface area contributed by atoms with Gasteiger partial charge >= 0.3 is 5.97 Å². The minimum Gasteiger partial charge on any atom is -0.469 e. The number of rotatable bonds is 6. The van der Waals surface area contributed by atoms with Crippen LogP contribution >= 0.6 is 0 Å². The molecule has 1 aliphatic heterocycles. The van der Waals surface area contributed by atoms with E-state index in [0.717, 1.165) is 36.1 Å². The number of hydrogen-bond acceptors (Lipinski definition) is 5. The van der Waals surface area contributed by atoms with Crippen LogP contribution < -0.4 is 0 Å². The molecular weight excluding hydrogens is 356 g/mol. The summed E-state index contributed by atoms with van der Waals surface area (Å²) in [6, 6.07) is 8.41. The number of esters is 1. The number of methoxy groups -OCH3 is 1. The minimum absolute atomic E-state index is 0.0432. The van der Waals surface area contributed by atoms with E-state index in [4.69, 9.17) is 9.47 Å². The molecule has 0 spiro atoms. The maximum atomic E-state index is 11.8. The monoisotopic (exact) mass is 386 g/mol. The molecule has 28 heavy (non-hydrogen) atoms. The Morgan fingerprint density at radius 3 is 2.57 bits per heavy atom. The summed E-state index contributed by atoms with van der Waals surface area (Å²) in [5.74, 6) is -0.217. The molecule has 1 fully saturated rings. The lowest BCUT2D eigenvalue weighted by molar-refractivity contribution is -0.158. The molecule has 6 nitrogen and oxygen atoms in total. The molecular formula is C22H30N2O4. The Morgan fingerprint density at radius 1 is 1.32 bits per heavy atom. The second-order valence-electron chi connectivity index (χ2n) is 8.00. The highest BCUT2D eigenvalue weighted by molar-refractivity contribution is 5.70. The van der Waals surface area contributed by atoms with Crippen LogP contribution in [0.5, 0.6) is 0 Å². The third-order valence-corrected chi connectivity index (χ3v) is 6.27. The van der Waals surface area contributed by atoms with Gasteiger partial charge < -0.3 is 14.6 Å². The molecule has 2 heterocycles. The van der Waals surface area contributed by atoms with Gasteiger partial charge in [0.2, 0.25) is 0 Å². The first-order valence-corrected chi connectivity index (χ1v) is 9.80. The summed E-state index contributed by atoms with van der Waals surface area (Å²) in [5, 5.41) is 13.8. The van der Waals surface area contributed by atoms with E-state index in [1.165, 1.54) is 12.7 Å². The highest BCUT2D eigenvalue weighted by Gasteiger charge is 2.42. The van der Waals surface area contributed by atoms with Gasteiger partial charge in [0.15, 0.2) is 0 Å². The number of hydrogen-bond donors (Lipinski definition) is 1. The molecule has 1 aromatic heterocycles. The third kappa shape index (κ3) is 3.84. The Morgan fingerprint density at radius 2 is 2.04 bits per heavy atom. The SMILES string of the molecule is CCC1(CC(=O)OC)CCC(C)(c2ccc(-c3cnn(C)c3CO)cc2)CO1. The van der Waals surface area contributed by atoms with Gasteiger partial charge in [-0.15, -0.1) is 0 Å². The fourth-order valence-corrected chi connectivity index (χ4v) is 4.01. The molecule has 1 aliphatic rings. The number of aliphatic hydroxyl groups excluding tert-OH is 1. The van der Waals surface area contributed by atoms with E-state index in [0.29, 0.717) is 13.0 Å². The minimum atomic E-state index is -0.418. The van der Waals surface area contributed by atoms with Crippen LogP contribution in [0.15, 0.2) is 30.5 Å². The van der Waals surface area contributed by atoms with Gasteiger partial charge in [0, 0.05) is 18.0 Å². The summed E-state index contributed by atoms with van der Waals surface area (Å²) < 4.78 is 12.8. The fourth-order valence-electron chi connectivity index (χ4n) is 4.01. The molecule has 0 amide bonds. The lowest BCUT2D eigenvalue weighted by Gasteiger charge is -2.44. The van der Waals surface area contributed by atoms with Crippen molar-refractivity contribution in [2.24, 2.45) is 7.05 Å². The molecule has 3 rings (SSSR count). The standard InChI is InChI=1S/C22H30N2O4/c1-5-22(12-20(26)27-4)11-10-21(2,15-28-22)17-8-6-16(7-9-17)18-13-23-24(3)19(18)14-25/h6-9,13,25H,5,10-12,14-15H2,1-4H3. The number of aliphatic hydroxyl groups is 1. The predicted octanol–water partition coefficient (Wildman–Crippen LogP) is 3.36. The summed E-state index contributed by atoms with van der Waals surface area (Å²) in [4.78, 5) is 11.8. The number of carbonyl (C=O) groups is 1. The molecule has 2 aromatic rings. The van der Waals surface area contributed by atoms with Crippen LogP contribution in [0.4, 0.5) is 0 Å². The summed E-state index contributed by atoms with van der Waals surface area (Å²) >= 11 is 0. The average molecular weight is 386 g/mol. The largest absolute Gasteiger partial charge is 0.469 e. The van der Waals surface area contributed by atoms with Gasteiger partial charge in [0.1, 0.15) is 0 Å². The molecule has 1 N–H and O–H groups in total. The van der Waals surface area contributed by atoms with Crippen molar-refractivity contribution in [3.8, 4) is 11.1 Å². The van der Waals surface area contributed by atoms with E-state index in [1.807, 2.05) is 7.05 Å². The molecule has 2 atom stereocenters. The molecule has 0 saturated carbocycles. The van der Waals surface area contributed by atoms with Crippen molar-refractivity contribution < 1.29 is 19.4 Å². The van der Waals surface area contributed by atoms with Crippen molar-refractivity contribution in [3.63, 3.8) is 0 Å². The molecule has 0 radical (unpaired) electrons. The van der Waals surface area contributed by atoms with E-state index in [1.54, 1.807) is 10.9 Å². The van der Waals surface area contributed by atoms with Crippen LogP contribution in [0, 0.1) is 0 Å². The van der Waals surface area contributed by atoms with Crippen molar-refractivity contribution in [2.45, 2.75) is 57.2 Å². The van der Waals surface area contributed by atoms with Crippen molar-refractivity contribution in [2.75, 3.05) is 13.7 Å². The quantitative estimate of drug-likeness (QED) is 0.771. The highest BCUT2D eigenvalue weighted by atomic mass is 16.5. The Hall–Kier alpha value is -2.18. The first kappa shape index (κ1) is 20.6. The van der Waals surface area contributed by atoms with E-state index in [-0.39, 0.29) is 18.0 Å². The molecule has 6 heteroatoms. The second kappa shape index (κ2) is 8.05. The third-order valence-electron chi connectivity index (χ3n) is 6.27. The van der Waals surface area contributed by atoms with E-state index in [2.05, 4.69) is 43.2 Å². The van der Waals surface area contributed by atoms with Crippen LogP contribution in [0.25, 0.3) is 11.1 Å². The topological polar surface area (TPSA) is 73.6 Å². The van der Waals surface area contributed by atoms with Crippen LogP contribution in [-0.4, -0.2) is 40.2 Å². The second-order valence-corrected chi connectivity index (χ2v) is 8.00. The fraction of sp³-hybridized carbons (Fsp3) is 0.545. The molecule has 1 saturated heterocycles. The molecule has 0 aliphatic carbocycles. The Bertz CT molecular complexity index is 818. The Balaban J connectivity index is 1.76. The van der Waals surface area contributed by atoms with Gasteiger partial charge in [-0.05, 0) is 30.4 Å². The van der Waals surface area contributed by atoms with E-state index >= 15 is 0 Å². The van der Waals surface area contributed by atoms with Crippen LogP contribution in [0.2, 0.25) is 0 Å². The molecule has 1 aromatic carbocycles. The van der Waals surface area contributed by atoms with Crippen molar-refractivity contribution in [1.82, 2.24) is 9.78 Å². The normalized spacial score (nSPS) is 24.9. The zero-order valence-electron chi connectivity index (χ0n) is 17.2. The van der Waals surface area contributed by atoms with Crippen LogP contribution in [0.3, 0.4) is 0 Å². The van der Waals surface area contributed by atoms with Gasteiger partial charge in [-0.2, -0.15) is 5.10 Å². The van der Waals surface area contributed by atoms with E-state index in [9.17, 15) is 9.90 Å². The highest BCUT2D eigenvalue weighted by Crippen LogP contribution is 2.42. The van der Waals surface area contributed by atoms with Gasteiger partial charge in [0.25, 0.3) is 0 Å². The van der Waals surface area contributed by atoms with Gasteiger partial charge in [-0.25, -0.2) is 0 Å². The summed E-state index contributed by atoms with van der Waals surface area (Å²) in [7, 11) is 3.25. The van der Waals surface area contributed by atoms with Crippen molar-refractivity contribution >= 4 is 5.97 Å². The lowest BCUT2D eigenvalue weighted by Crippen LogP contribution is -2.46. The number of aryl methyl sites for hydroxylation is 1. The average Bonchev–Trinajstić information content (AvgIpc) is 3.10. The Labute approximate surface area is 166 Å². The first-order valence-electron chi connectivity index (χ1n) is 9.80. The molecule has 152 valence electrons. The summed E-state index contributed by atoms with van der Waals surface area (Å²) in [5.41, 5.74) is 3.49. The Kier molecular flexibility index (Phi) is 5.91. The number of nitrogens with zero attached hydrogens (tertiary/aromatic N) is 2. The number of benzene rings is 1. The first-order chi connectivity index (χ1) is 13.4. The lowest BCUT2D eigenvalue weighted by atomic mass is 9.72. The number of aromatic nitrogens is 2. The summed E-state index contributed by atoms with van der Waals surface area (Å²) in [6.45, 7) is 4.81. The maximum Gasteiger partial charge on any atom is 0.308 e. The number of carbonyl (C=O) groups excluding carboxylic acids is 1. The smallest absolute Gasteiger partial charge is 0.308 e.